The normalized spacial score (nSPS) is 11.3. The molecule has 0 saturated carbocycles. The fourth-order valence-electron chi connectivity index (χ4n) is 3.27. The van der Waals surface area contributed by atoms with Crippen LogP contribution >= 0.6 is 0 Å². The molecule has 0 aliphatic heterocycles. The van der Waals surface area contributed by atoms with Gasteiger partial charge >= 0.3 is 0 Å². The zero-order valence-corrected chi connectivity index (χ0v) is 14.7. The lowest BCUT2D eigenvalue weighted by Gasteiger charge is -2.11. The summed E-state index contributed by atoms with van der Waals surface area (Å²) in [6.07, 6.45) is 1.06. The number of aryl methyl sites for hydroxylation is 1. The van der Waals surface area contributed by atoms with Crippen molar-refractivity contribution >= 4 is 27.8 Å². The predicted molar refractivity (Wildman–Crippen MR) is 104 cm³/mol. The van der Waals surface area contributed by atoms with Crippen molar-refractivity contribution in [2.75, 3.05) is 11.9 Å². The second kappa shape index (κ2) is 6.55. The van der Waals surface area contributed by atoms with E-state index in [0.717, 1.165) is 53.1 Å². The highest BCUT2D eigenvalue weighted by molar-refractivity contribution is 6.07. The van der Waals surface area contributed by atoms with Gasteiger partial charge in [0, 0.05) is 18.5 Å². The maximum atomic E-state index is 4.85. The number of nitrogens with zero attached hydrogens (tertiary/aromatic N) is 3. The lowest BCUT2D eigenvalue weighted by molar-refractivity contribution is 0.788. The summed E-state index contributed by atoms with van der Waals surface area (Å²) >= 11 is 0. The van der Waals surface area contributed by atoms with Crippen LogP contribution in [0.5, 0.6) is 0 Å². The number of hydrogen-bond acceptors (Lipinski definition) is 3. The molecule has 0 fully saturated rings. The SMILES string of the molecule is CCCNc1nc2ccccc2c2c1nc(C)n2Cc1ccccc1. The third-order valence-electron chi connectivity index (χ3n) is 4.50. The fraction of sp³-hybridized carbons (Fsp3) is 0.238. The van der Waals surface area contributed by atoms with Crippen molar-refractivity contribution in [3.8, 4) is 0 Å². The number of rotatable bonds is 5. The average Bonchev–Trinajstić information content (AvgIpc) is 2.97. The fourth-order valence-corrected chi connectivity index (χ4v) is 3.27. The Morgan fingerprint density at radius 2 is 1.72 bits per heavy atom. The van der Waals surface area contributed by atoms with Gasteiger partial charge in [-0.2, -0.15) is 0 Å². The molecule has 0 radical (unpaired) electrons. The molecule has 126 valence electrons. The van der Waals surface area contributed by atoms with Crippen LogP contribution in [0.15, 0.2) is 54.6 Å². The number of anilines is 1. The minimum absolute atomic E-state index is 0.810. The third kappa shape index (κ3) is 2.84. The lowest BCUT2D eigenvalue weighted by atomic mass is 10.1. The van der Waals surface area contributed by atoms with Gasteiger partial charge in [-0.1, -0.05) is 55.5 Å². The lowest BCUT2D eigenvalue weighted by Crippen LogP contribution is -2.04. The predicted octanol–water partition coefficient (Wildman–Crippen LogP) is 4.76. The quantitative estimate of drug-likeness (QED) is 0.573. The van der Waals surface area contributed by atoms with Crippen LogP contribution in [0.1, 0.15) is 24.7 Å². The topological polar surface area (TPSA) is 42.7 Å². The summed E-state index contributed by atoms with van der Waals surface area (Å²) in [5, 5.41) is 4.60. The molecule has 0 saturated heterocycles. The summed E-state index contributed by atoms with van der Waals surface area (Å²) in [6.45, 7) is 5.93. The Morgan fingerprint density at radius 1 is 0.960 bits per heavy atom. The first kappa shape index (κ1) is 15.6. The Morgan fingerprint density at radius 3 is 2.52 bits per heavy atom. The first-order chi connectivity index (χ1) is 12.3. The Hall–Kier alpha value is -2.88. The van der Waals surface area contributed by atoms with Gasteiger partial charge in [0.15, 0.2) is 5.82 Å². The molecule has 4 rings (SSSR count). The molecule has 0 amide bonds. The molecule has 4 nitrogen and oxygen atoms in total. The monoisotopic (exact) mass is 330 g/mol. The van der Waals surface area contributed by atoms with E-state index in [-0.39, 0.29) is 0 Å². The number of hydrogen-bond donors (Lipinski definition) is 1. The smallest absolute Gasteiger partial charge is 0.154 e. The molecule has 0 aliphatic carbocycles. The average molecular weight is 330 g/mol. The van der Waals surface area contributed by atoms with E-state index < -0.39 is 0 Å². The number of fused-ring (bicyclic) bond motifs is 3. The maximum absolute atomic E-state index is 4.85. The van der Waals surface area contributed by atoms with E-state index in [9.17, 15) is 0 Å². The summed E-state index contributed by atoms with van der Waals surface area (Å²) in [5.74, 6) is 1.89. The number of aromatic nitrogens is 3. The van der Waals surface area contributed by atoms with E-state index in [0.29, 0.717) is 0 Å². The number of nitrogens with one attached hydrogen (secondary N) is 1. The molecule has 25 heavy (non-hydrogen) atoms. The standard InChI is InChI=1S/C21H22N4/c1-3-13-22-21-19-20(17-11-7-8-12-18(17)24-21)25(15(2)23-19)14-16-9-5-4-6-10-16/h4-12H,3,13-14H2,1-2H3,(H,22,24). The van der Waals surface area contributed by atoms with Crippen molar-refractivity contribution in [3.05, 3.63) is 66.0 Å². The second-order valence-electron chi connectivity index (χ2n) is 6.33. The highest BCUT2D eigenvalue weighted by atomic mass is 15.1. The largest absolute Gasteiger partial charge is 0.368 e. The minimum Gasteiger partial charge on any atom is -0.368 e. The van der Waals surface area contributed by atoms with E-state index in [4.69, 9.17) is 9.97 Å². The summed E-state index contributed by atoms with van der Waals surface area (Å²) in [7, 11) is 0. The molecule has 0 unspecified atom stereocenters. The Balaban J connectivity index is 1.96. The Kier molecular flexibility index (Phi) is 4.10. The zero-order chi connectivity index (χ0) is 17.2. The van der Waals surface area contributed by atoms with Gasteiger partial charge in [0.1, 0.15) is 11.3 Å². The van der Waals surface area contributed by atoms with Crippen LogP contribution in [0.3, 0.4) is 0 Å². The molecule has 0 aliphatic rings. The van der Waals surface area contributed by atoms with E-state index in [1.807, 2.05) is 6.07 Å². The van der Waals surface area contributed by atoms with Crippen LogP contribution in [-0.2, 0) is 6.54 Å². The van der Waals surface area contributed by atoms with Crippen molar-refractivity contribution in [1.29, 1.82) is 0 Å². The third-order valence-corrected chi connectivity index (χ3v) is 4.50. The summed E-state index contributed by atoms with van der Waals surface area (Å²) in [5.41, 5.74) is 4.39. The number of pyridine rings is 1. The van der Waals surface area contributed by atoms with Gasteiger partial charge in [-0.05, 0) is 25.0 Å². The van der Waals surface area contributed by atoms with Crippen LogP contribution in [0.25, 0.3) is 21.9 Å². The molecular formula is C21H22N4. The van der Waals surface area contributed by atoms with Crippen LogP contribution in [0, 0.1) is 6.92 Å². The molecule has 2 aromatic heterocycles. The van der Waals surface area contributed by atoms with E-state index >= 15 is 0 Å². The van der Waals surface area contributed by atoms with Crippen molar-refractivity contribution in [3.63, 3.8) is 0 Å². The molecule has 4 heteroatoms. The molecule has 1 N–H and O–H groups in total. The molecule has 0 spiro atoms. The summed E-state index contributed by atoms with van der Waals surface area (Å²) in [4.78, 5) is 9.67. The molecule has 2 aromatic carbocycles. The van der Waals surface area contributed by atoms with Crippen molar-refractivity contribution in [2.45, 2.75) is 26.8 Å². The van der Waals surface area contributed by atoms with Gasteiger partial charge < -0.3 is 9.88 Å². The number of benzene rings is 2. The van der Waals surface area contributed by atoms with E-state index in [2.05, 4.69) is 72.3 Å². The van der Waals surface area contributed by atoms with Crippen molar-refractivity contribution < 1.29 is 0 Å². The highest BCUT2D eigenvalue weighted by Gasteiger charge is 2.16. The van der Waals surface area contributed by atoms with Gasteiger partial charge in [0.25, 0.3) is 0 Å². The van der Waals surface area contributed by atoms with Gasteiger partial charge in [0.2, 0.25) is 0 Å². The Bertz CT molecular complexity index is 1020. The van der Waals surface area contributed by atoms with E-state index in [1.165, 1.54) is 5.56 Å². The highest BCUT2D eigenvalue weighted by Crippen LogP contribution is 2.30. The van der Waals surface area contributed by atoms with Gasteiger partial charge in [-0.15, -0.1) is 0 Å². The minimum atomic E-state index is 0.810. The van der Waals surface area contributed by atoms with E-state index in [1.54, 1.807) is 0 Å². The van der Waals surface area contributed by atoms with Crippen LogP contribution < -0.4 is 5.32 Å². The zero-order valence-electron chi connectivity index (χ0n) is 14.7. The summed E-state index contributed by atoms with van der Waals surface area (Å²) < 4.78 is 2.30. The number of imidazole rings is 1. The first-order valence-corrected chi connectivity index (χ1v) is 8.81. The number of para-hydroxylation sites is 1. The maximum Gasteiger partial charge on any atom is 0.154 e. The van der Waals surface area contributed by atoms with Crippen LogP contribution in [0.2, 0.25) is 0 Å². The van der Waals surface area contributed by atoms with Crippen LogP contribution in [-0.4, -0.2) is 21.1 Å². The first-order valence-electron chi connectivity index (χ1n) is 8.81. The van der Waals surface area contributed by atoms with Crippen molar-refractivity contribution in [1.82, 2.24) is 14.5 Å². The van der Waals surface area contributed by atoms with Gasteiger partial charge in [-0.3, -0.25) is 0 Å². The second-order valence-corrected chi connectivity index (χ2v) is 6.33. The summed E-state index contributed by atoms with van der Waals surface area (Å²) in [6, 6.07) is 18.8. The van der Waals surface area contributed by atoms with Crippen molar-refractivity contribution in [2.24, 2.45) is 0 Å². The van der Waals surface area contributed by atoms with Gasteiger partial charge in [0.05, 0.1) is 11.0 Å². The molecule has 0 bridgehead atoms. The molecule has 2 heterocycles. The molecule has 4 aromatic rings. The Labute approximate surface area is 147 Å². The van der Waals surface area contributed by atoms with Gasteiger partial charge in [-0.25, -0.2) is 9.97 Å². The molecule has 0 atom stereocenters. The van der Waals surface area contributed by atoms with Crippen LogP contribution in [0.4, 0.5) is 5.82 Å². The molecular weight excluding hydrogens is 308 g/mol.